The van der Waals surface area contributed by atoms with E-state index >= 15 is 0 Å². The SMILES string of the molecule is Cc1cc(CN2CCN(Cc3csc(-c4ccco4)n3)CC2)on1. The molecule has 24 heavy (non-hydrogen) atoms. The Balaban J connectivity index is 1.29. The van der Waals surface area contributed by atoms with E-state index in [1.165, 1.54) is 0 Å². The van der Waals surface area contributed by atoms with E-state index in [4.69, 9.17) is 8.94 Å². The topological polar surface area (TPSA) is 58.5 Å². The first-order valence-corrected chi connectivity index (χ1v) is 8.99. The van der Waals surface area contributed by atoms with Gasteiger partial charge in [0.25, 0.3) is 0 Å². The maximum Gasteiger partial charge on any atom is 0.162 e. The summed E-state index contributed by atoms with van der Waals surface area (Å²) in [7, 11) is 0. The third-order valence-corrected chi connectivity index (χ3v) is 5.10. The summed E-state index contributed by atoms with van der Waals surface area (Å²) in [6.45, 7) is 7.85. The van der Waals surface area contributed by atoms with Crippen LogP contribution in [0.25, 0.3) is 10.8 Å². The summed E-state index contributed by atoms with van der Waals surface area (Å²) in [4.78, 5) is 9.54. The maximum atomic E-state index is 5.41. The molecule has 0 aromatic carbocycles. The minimum atomic E-state index is 0.841. The van der Waals surface area contributed by atoms with Crippen LogP contribution in [-0.2, 0) is 13.1 Å². The Bertz CT molecular complexity index is 772. The van der Waals surface area contributed by atoms with E-state index in [0.717, 1.165) is 67.2 Å². The summed E-state index contributed by atoms with van der Waals surface area (Å²) in [6.07, 6.45) is 1.69. The second kappa shape index (κ2) is 6.88. The zero-order valence-corrected chi connectivity index (χ0v) is 14.5. The average molecular weight is 344 g/mol. The van der Waals surface area contributed by atoms with Crippen molar-refractivity contribution in [2.75, 3.05) is 26.2 Å². The Morgan fingerprint density at radius 3 is 2.62 bits per heavy atom. The zero-order chi connectivity index (χ0) is 16.4. The standard InChI is InChI=1S/C17H20N4O2S/c1-13-9-15(23-19-13)11-21-6-4-20(5-7-21)10-14-12-24-17(18-14)16-3-2-8-22-16/h2-3,8-9,12H,4-7,10-11H2,1H3. The zero-order valence-electron chi connectivity index (χ0n) is 13.6. The van der Waals surface area contributed by atoms with Crippen molar-refractivity contribution in [1.29, 1.82) is 0 Å². The summed E-state index contributed by atoms with van der Waals surface area (Å²) < 4.78 is 10.7. The molecule has 4 rings (SSSR count). The number of piperazine rings is 1. The molecule has 0 amide bonds. The third-order valence-electron chi connectivity index (χ3n) is 4.19. The summed E-state index contributed by atoms with van der Waals surface area (Å²) >= 11 is 1.64. The van der Waals surface area contributed by atoms with Gasteiger partial charge in [0.1, 0.15) is 0 Å². The molecule has 1 aliphatic rings. The van der Waals surface area contributed by atoms with Crippen LogP contribution in [0.2, 0.25) is 0 Å². The monoisotopic (exact) mass is 344 g/mol. The van der Waals surface area contributed by atoms with Crippen molar-refractivity contribution in [1.82, 2.24) is 19.9 Å². The van der Waals surface area contributed by atoms with Gasteiger partial charge in [-0.1, -0.05) is 5.16 Å². The van der Waals surface area contributed by atoms with Crippen LogP contribution in [0.3, 0.4) is 0 Å². The highest BCUT2D eigenvalue weighted by molar-refractivity contribution is 7.13. The lowest BCUT2D eigenvalue weighted by Crippen LogP contribution is -2.45. The van der Waals surface area contributed by atoms with Crippen molar-refractivity contribution in [2.24, 2.45) is 0 Å². The fourth-order valence-electron chi connectivity index (χ4n) is 2.94. The van der Waals surface area contributed by atoms with Crippen LogP contribution in [0, 0.1) is 6.92 Å². The molecular formula is C17H20N4O2S. The summed E-state index contributed by atoms with van der Waals surface area (Å²) in [5, 5.41) is 7.03. The van der Waals surface area contributed by atoms with Crippen LogP contribution in [0.15, 0.2) is 38.8 Å². The van der Waals surface area contributed by atoms with E-state index in [1.54, 1.807) is 17.6 Å². The lowest BCUT2D eigenvalue weighted by Gasteiger charge is -2.33. The highest BCUT2D eigenvalue weighted by atomic mass is 32.1. The number of hydrogen-bond acceptors (Lipinski definition) is 7. The van der Waals surface area contributed by atoms with Crippen molar-refractivity contribution in [2.45, 2.75) is 20.0 Å². The van der Waals surface area contributed by atoms with Gasteiger partial charge in [0.15, 0.2) is 16.5 Å². The highest BCUT2D eigenvalue weighted by Crippen LogP contribution is 2.24. The van der Waals surface area contributed by atoms with Crippen LogP contribution >= 0.6 is 11.3 Å². The number of aromatic nitrogens is 2. The van der Waals surface area contributed by atoms with Gasteiger partial charge in [-0.25, -0.2) is 4.98 Å². The minimum absolute atomic E-state index is 0.841. The predicted octanol–water partition coefficient (Wildman–Crippen LogP) is 3.02. The van der Waals surface area contributed by atoms with E-state index in [2.05, 4.69) is 25.3 Å². The van der Waals surface area contributed by atoms with E-state index in [-0.39, 0.29) is 0 Å². The molecule has 3 aromatic heterocycles. The second-order valence-corrected chi connectivity index (χ2v) is 6.97. The average Bonchev–Trinajstić information content (AvgIpc) is 3.31. The van der Waals surface area contributed by atoms with Gasteiger partial charge in [0, 0.05) is 44.2 Å². The first-order chi connectivity index (χ1) is 11.8. The maximum absolute atomic E-state index is 5.41. The van der Waals surface area contributed by atoms with Crippen molar-refractivity contribution in [3.63, 3.8) is 0 Å². The molecule has 0 unspecified atom stereocenters. The molecule has 6 nitrogen and oxygen atoms in total. The smallest absolute Gasteiger partial charge is 0.162 e. The molecular weight excluding hydrogens is 324 g/mol. The second-order valence-electron chi connectivity index (χ2n) is 6.11. The van der Waals surface area contributed by atoms with Crippen LogP contribution in [0.4, 0.5) is 0 Å². The quantitative estimate of drug-likeness (QED) is 0.709. The van der Waals surface area contributed by atoms with Crippen LogP contribution in [0.1, 0.15) is 17.1 Å². The lowest BCUT2D eigenvalue weighted by molar-refractivity contribution is 0.113. The largest absolute Gasteiger partial charge is 0.462 e. The Hall–Kier alpha value is -1.96. The fourth-order valence-corrected chi connectivity index (χ4v) is 3.72. The van der Waals surface area contributed by atoms with Crippen LogP contribution in [-0.4, -0.2) is 46.1 Å². The molecule has 0 aliphatic carbocycles. The highest BCUT2D eigenvalue weighted by Gasteiger charge is 2.19. The van der Waals surface area contributed by atoms with Crippen LogP contribution in [0.5, 0.6) is 0 Å². The van der Waals surface area contributed by atoms with Gasteiger partial charge >= 0.3 is 0 Å². The van der Waals surface area contributed by atoms with E-state index in [0.29, 0.717) is 0 Å². The van der Waals surface area contributed by atoms with Gasteiger partial charge < -0.3 is 8.94 Å². The van der Waals surface area contributed by atoms with Crippen molar-refractivity contribution < 1.29 is 8.94 Å². The molecule has 126 valence electrons. The molecule has 3 aromatic rings. The van der Waals surface area contributed by atoms with Crippen LogP contribution < -0.4 is 0 Å². The number of thiazole rings is 1. The third kappa shape index (κ3) is 3.58. The van der Waals surface area contributed by atoms with Crippen molar-refractivity contribution in [3.05, 3.63) is 47.0 Å². The van der Waals surface area contributed by atoms with Gasteiger partial charge in [0.2, 0.25) is 0 Å². The van der Waals surface area contributed by atoms with Gasteiger partial charge in [-0.15, -0.1) is 11.3 Å². The fraction of sp³-hybridized carbons (Fsp3) is 0.412. The molecule has 0 radical (unpaired) electrons. The van der Waals surface area contributed by atoms with Crippen molar-refractivity contribution in [3.8, 4) is 10.8 Å². The number of furan rings is 1. The Morgan fingerprint density at radius 2 is 1.96 bits per heavy atom. The Labute approximate surface area is 144 Å². The normalized spacial score (nSPS) is 16.7. The molecule has 4 heterocycles. The van der Waals surface area contributed by atoms with Gasteiger partial charge in [0.05, 0.1) is 24.2 Å². The molecule has 1 aliphatic heterocycles. The van der Waals surface area contributed by atoms with Gasteiger partial charge in [-0.05, 0) is 19.1 Å². The minimum Gasteiger partial charge on any atom is -0.462 e. The summed E-state index contributed by atoms with van der Waals surface area (Å²) in [5.41, 5.74) is 2.06. The van der Waals surface area contributed by atoms with Crippen molar-refractivity contribution >= 4 is 11.3 Å². The molecule has 0 saturated carbocycles. The molecule has 7 heteroatoms. The van der Waals surface area contributed by atoms with E-state index < -0.39 is 0 Å². The summed E-state index contributed by atoms with van der Waals surface area (Å²) in [6, 6.07) is 5.86. The molecule has 0 spiro atoms. The van der Waals surface area contributed by atoms with E-state index in [9.17, 15) is 0 Å². The first-order valence-electron chi connectivity index (χ1n) is 8.11. The van der Waals surface area contributed by atoms with Gasteiger partial charge in [-0.2, -0.15) is 0 Å². The first kappa shape index (κ1) is 15.6. The number of nitrogens with zero attached hydrogens (tertiary/aromatic N) is 4. The van der Waals surface area contributed by atoms with Gasteiger partial charge in [-0.3, -0.25) is 9.80 Å². The lowest BCUT2D eigenvalue weighted by atomic mass is 10.2. The Morgan fingerprint density at radius 1 is 1.17 bits per heavy atom. The predicted molar refractivity (Wildman–Crippen MR) is 91.6 cm³/mol. The number of hydrogen-bond donors (Lipinski definition) is 0. The molecule has 0 N–H and O–H groups in total. The molecule has 0 bridgehead atoms. The molecule has 1 saturated heterocycles. The summed E-state index contributed by atoms with van der Waals surface area (Å²) in [5.74, 6) is 1.79. The number of rotatable bonds is 5. The van der Waals surface area contributed by atoms with E-state index in [1.807, 2.05) is 25.1 Å². The molecule has 0 atom stereocenters. The number of aryl methyl sites for hydroxylation is 1. The molecule has 1 fully saturated rings. The Kier molecular flexibility index (Phi) is 4.46.